The minimum atomic E-state index is -2.25. The van der Waals surface area contributed by atoms with Crippen LogP contribution in [0.15, 0.2) is 23.8 Å². The molecule has 1 saturated carbocycles. The quantitative estimate of drug-likeness (QED) is 0.224. The molecule has 2 unspecified atom stereocenters. The van der Waals surface area contributed by atoms with Gasteiger partial charge in [0.25, 0.3) is 0 Å². The Balaban J connectivity index is 2.49. The topological polar surface area (TPSA) is 178 Å². The zero-order valence-electron chi connectivity index (χ0n) is 29.5. The van der Waals surface area contributed by atoms with Crippen LogP contribution in [-0.4, -0.2) is 83.1 Å². The van der Waals surface area contributed by atoms with E-state index in [4.69, 9.17) is 28.4 Å². The summed E-state index contributed by atoms with van der Waals surface area (Å²) < 4.78 is 35.4. The smallest absolute Gasteiger partial charge is 0.312 e. The molecule has 0 spiro atoms. The molecule has 0 aromatic carbocycles. The number of hydrogen-bond acceptors (Lipinski definition) is 13. The first-order valence-corrected chi connectivity index (χ1v) is 16.3. The fraction of sp³-hybridized carbons (Fsp3) is 0.714. The second-order valence-corrected chi connectivity index (χ2v) is 14.2. The Morgan fingerprint density at radius 1 is 0.958 bits per heavy atom. The Labute approximate surface area is 281 Å². The summed E-state index contributed by atoms with van der Waals surface area (Å²) in [4.78, 5) is 77.7. The highest BCUT2D eigenvalue weighted by Crippen LogP contribution is 2.57. The predicted octanol–water partition coefficient (Wildman–Crippen LogP) is 3.53. The first kappa shape index (κ1) is 38.7. The van der Waals surface area contributed by atoms with Crippen molar-refractivity contribution in [2.45, 2.75) is 131 Å². The molecule has 0 radical (unpaired) electrons. The van der Waals surface area contributed by atoms with Crippen molar-refractivity contribution in [1.29, 1.82) is 0 Å². The van der Waals surface area contributed by atoms with Gasteiger partial charge >= 0.3 is 35.8 Å². The Hall–Kier alpha value is -3.74. The summed E-state index contributed by atoms with van der Waals surface area (Å²) in [7, 11) is 0. The van der Waals surface area contributed by atoms with E-state index in [2.05, 4.69) is 6.58 Å². The maximum absolute atomic E-state index is 13.4. The summed E-state index contributed by atoms with van der Waals surface area (Å²) in [5.41, 5.74) is -3.30. The average molecular weight is 679 g/mol. The molecule has 1 heterocycles. The molecule has 1 aliphatic heterocycles. The maximum Gasteiger partial charge on any atom is 0.312 e. The number of ether oxygens (including phenoxy) is 6. The molecule has 268 valence electrons. The van der Waals surface area contributed by atoms with Gasteiger partial charge in [0.2, 0.25) is 0 Å². The second kappa shape index (κ2) is 14.8. The molecule has 3 rings (SSSR count). The Bertz CT molecular complexity index is 1350. The predicted molar refractivity (Wildman–Crippen MR) is 168 cm³/mol. The van der Waals surface area contributed by atoms with E-state index in [-0.39, 0.29) is 30.8 Å². The molecule has 0 aromatic rings. The van der Waals surface area contributed by atoms with Crippen molar-refractivity contribution < 1.29 is 62.3 Å². The fourth-order valence-corrected chi connectivity index (χ4v) is 7.19. The summed E-state index contributed by atoms with van der Waals surface area (Å²) in [6.45, 7) is 19.3. The highest BCUT2D eigenvalue weighted by atomic mass is 16.6. The third kappa shape index (κ3) is 7.76. The molecular formula is C35H50O13. The van der Waals surface area contributed by atoms with E-state index in [1.165, 1.54) is 19.9 Å². The van der Waals surface area contributed by atoms with Crippen molar-refractivity contribution in [2.24, 2.45) is 29.1 Å². The third-order valence-electron chi connectivity index (χ3n) is 9.55. The number of esters is 6. The fourth-order valence-electron chi connectivity index (χ4n) is 7.19. The third-order valence-corrected chi connectivity index (χ3v) is 9.55. The van der Waals surface area contributed by atoms with Crippen LogP contribution in [0.3, 0.4) is 0 Å². The van der Waals surface area contributed by atoms with E-state index in [1.54, 1.807) is 27.7 Å². The molecule has 48 heavy (non-hydrogen) atoms. The van der Waals surface area contributed by atoms with E-state index in [0.717, 1.165) is 13.8 Å². The van der Waals surface area contributed by atoms with Crippen molar-refractivity contribution in [1.82, 2.24) is 0 Å². The molecule has 0 aromatic heterocycles. The minimum absolute atomic E-state index is 0.0523. The van der Waals surface area contributed by atoms with Crippen LogP contribution in [-0.2, 0) is 57.2 Å². The number of fused-ring (bicyclic) bond motifs is 2. The Kier molecular flexibility index (Phi) is 11.9. The van der Waals surface area contributed by atoms with Gasteiger partial charge in [-0.15, -0.1) is 0 Å². The second-order valence-electron chi connectivity index (χ2n) is 14.2. The van der Waals surface area contributed by atoms with Gasteiger partial charge in [-0.1, -0.05) is 46.8 Å². The lowest BCUT2D eigenvalue weighted by molar-refractivity contribution is -0.238. The van der Waals surface area contributed by atoms with Gasteiger partial charge in [-0.05, 0) is 31.4 Å². The number of rotatable bonds is 8. The van der Waals surface area contributed by atoms with Gasteiger partial charge in [-0.3, -0.25) is 28.8 Å². The molecule has 13 nitrogen and oxygen atoms in total. The van der Waals surface area contributed by atoms with E-state index in [9.17, 15) is 33.9 Å². The number of carbonyl (C=O) groups excluding carboxylic acids is 6. The van der Waals surface area contributed by atoms with E-state index >= 15 is 0 Å². The number of carbonyl (C=O) groups is 6. The van der Waals surface area contributed by atoms with E-state index in [0.29, 0.717) is 5.57 Å². The summed E-state index contributed by atoms with van der Waals surface area (Å²) in [6, 6.07) is 0. The van der Waals surface area contributed by atoms with Gasteiger partial charge in [0, 0.05) is 46.0 Å². The average Bonchev–Trinajstić information content (AvgIpc) is 3.15. The van der Waals surface area contributed by atoms with Crippen LogP contribution >= 0.6 is 0 Å². The summed E-state index contributed by atoms with van der Waals surface area (Å²) >= 11 is 0. The molecule has 3 aliphatic rings. The monoisotopic (exact) mass is 678 g/mol. The lowest BCUT2D eigenvalue weighted by Gasteiger charge is -2.57. The van der Waals surface area contributed by atoms with Crippen molar-refractivity contribution >= 4 is 35.8 Å². The van der Waals surface area contributed by atoms with E-state index < -0.39 is 101 Å². The molecule has 2 aliphatic carbocycles. The van der Waals surface area contributed by atoms with Crippen LogP contribution in [0, 0.1) is 29.1 Å². The first-order valence-electron chi connectivity index (χ1n) is 16.3. The molecule has 1 N–H and O–H groups in total. The Morgan fingerprint density at radius 2 is 1.52 bits per heavy atom. The zero-order chi connectivity index (χ0) is 36.5. The summed E-state index contributed by atoms with van der Waals surface area (Å²) in [5.74, 6) is -7.41. The highest BCUT2D eigenvalue weighted by Gasteiger charge is 2.69. The van der Waals surface area contributed by atoms with Gasteiger partial charge in [-0.2, -0.15) is 0 Å². The minimum Gasteiger partial charge on any atom is -0.461 e. The van der Waals surface area contributed by atoms with E-state index in [1.807, 2.05) is 13.8 Å². The van der Waals surface area contributed by atoms with Crippen LogP contribution < -0.4 is 0 Å². The molecular weight excluding hydrogens is 628 g/mol. The highest BCUT2D eigenvalue weighted by molar-refractivity contribution is 5.78. The molecule has 0 bridgehead atoms. The lowest BCUT2D eigenvalue weighted by Crippen LogP contribution is -2.68. The van der Waals surface area contributed by atoms with Crippen molar-refractivity contribution in [3.05, 3.63) is 23.8 Å². The van der Waals surface area contributed by atoms with Gasteiger partial charge in [0.15, 0.2) is 11.7 Å². The van der Waals surface area contributed by atoms with Crippen LogP contribution in [0.1, 0.15) is 88.5 Å². The molecule has 2 fully saturated rings. The SMILES string of the molecule is C=C1C[C@H](OC(C)=O)[C@H](OC(C)=O)[C@]2(C)[C@@H](OC(=O)C(C)C)CC(OC(=O)CC(C)C)/C(C)=C\[C@@H]3OC(=O)[C@H](C)[C@@]3(O)C(OC(C)=O)[C@@H]12. The first-order chi connectivity index (χ1) is 22.1. The normalized spacial score (nSPS) is 36.1. The van der Waals surface area contributed by atoms with Gasteiger partial charge in [-0.25, -0.2) is 0 Å². The summed E-state index contributed by atoms with van der Waals surface area (Å²) in [6.07, 6.45) is -6.68. The van der Waals surface area contributed by atoms with Crippen LogP contribution in [0.4, 0.5) is 0 Å². The van der Waals surface area contributed by atoms with Gasteiger partial charge in [0.05, 0.1) is 17.3 Å². The molecule has 0 amide bonds. The summed E-state index contributed by atoms with van der Waals surface area (Å²) in [5, 5.41) is 12.7. The van der Waals surface area contributed by atoms with Crippen LogP contribution in [0.2, 0.25) is 0 Å². The zero-order valence-corrected chi connectivity index (χ0v) is 29.5. The molecule has 10 atom stereocenters. The van der Waals surface area contributed by atoms with Crippen molar-refractivity contribution in [3.63, 3.8) is 0 Å². The van der Waals surface area contributed by atoms with Crippen molar-refractivity contribution in [3.8, 4) is 0 Å². The number of hydrogen-bond donors (Lipinski definition) is 1. The van der Waals surface area contributed by atoms with Gasteiger partial charge in [0.1, 0.15) is 30.5 Å². The Morgan fingerprint density at radius 3 is 2.04 bits per heavy atom. The van der Waals surface area contributed by atoms with Crippen molar-refractivity contribution in [2.75, 3.05) is 0 Å². The lowest BCUT2D eigenvalue weighted by atomic mass is 9.54. The molecule has 1 saturated heterocycles. The standard InChI is InChI=1S/C35H50O13/c1-16(2)12-28(39)46-24-15-26(47-32(40)17(3)4)34(11)29(19(6)13-25(43-21(8)36)30(34)44-22(9)37)31(45-23(10)38)35(42)20(7)33(41)48-27(35)14-18(24)5/h14,16-17,20,24-27,29-31,42H,6,12-13,15H2,1-5,7-11H3/b18-14-/t20-,24?,25-,26-,27-,29+,30-,31?,34+,35-/m0/s1. The molecule has 13 heteroatoms. The largest absolute Gasteiger partial charge is 0.461 e. The van der Waals surface area contributed by atoms with Gasteiger partial charge < -0.3 is 33.5 Å². The number of aliphatic hydroxyl groups is 1. The van der Waals surface area contributed by atoms with Crippen LogP contribution in [0.25, 0.3) is 0 Å². The van der Waals surface area contributed by atoms with Crippen LogP contribution in [0.5, 0.6) is 0 Å². The maximum atomic E-state index is 13.4.